The van der Waals surface area contributed by atoms with Crippen molar-refractivity contribution in [2.75, 3.05) is 12.4 Å². The summed E-state index contributed by atoms with van der Waals surface area (Å²) in [7, 11) is 0. The maximum absolute atomic E-state index is 12.7. The second kappa shape index (κ2) is 7.48. The highest BCUT2D eigenvalue weighted by molar-refractivity contribution is 6.30. The van der Waals surface area contributed by atoms with Crippen LogP contribution in [0.25, 0.3) is 0 Å². The van der Waals surface area contributed by atoms with E-state index in [0.29, 0.717) is 29.6 Å². The van der Waals surface area contributed by atoms with Crippen LogP contribution in [0.4, 0.5) is 0 Å². The summed E-state index contributed by atoms with van der Waals surface area (Å²) in [6, 6.07) is 15.2. The zero-order valence-electron chi connectivity index (χ0n) is 11.9. The van der Waals surface area contributed by atoms with E-state index in [9.17, 15) is 4.79 Å². The first-order valence-corrected chi connectivity index (χ1v) is 7.68. The molecule has 0 atom stereocenters. The van der Waals surface area contributed by atoms with Crippen LogP contribution in [0.15, 0.2) is 48.5 Å². The third-order valence-electron chi connectivity index (χ3n) is 3.28. The van der Waals surface area contributed by atoms with Crippen LogP contribution in [0.3, 0.4) is 0 Å². The fourth-order valence-corrected chi connectivity index (χ4v) is 2.63. The molecule has 0 saturated heterocycles. The smallest absolute Gasteiger partial charge is 0.254 e. The molecule has 0 radical (unpaired) electrons. The van der Waals surface area contributed by atoms with E-state index >= 15 is 0 Å². The predicted molar refractivity (Wildman–Crippen MR) is 88.1 cm³/mol. The molecule has 0 aliphatic carbocycles. The lowest BCUT2D eigenvalue weighted by atomic mass is 10.1. The molecule has 0 aliphatic heterocycles. The molecular weight excluding hydrogens is 305 g/mol. The van der Waals surface area contributed by atoms with E-state index in [2.05, 4.69) is 0 Å². The Hall–Kier alpha value is -1.51. The van der Waals surface area contributed by atoms with Crippen LogP contribution in [0.5, 0.6) is 0 Å². The molecular formula is C17H17Cl2NO. The highest BCUT2D eigenvalue weighted by Gasteiger charge is 2.17. The molecule has 0 N–H and O–H groups in total. The SMILES string of the molecule is Cc1cc(Cl)ccc1C(=O)N(CCCl)Cc1ccccc1. The third kappa shape index (κ3) is 4.23. The molecule has 0 saturated carbocycles. The predicted octanol–water partition coefficient (Wildman–Crippen LogP) is 4.53. The van der Waals surface area contributed by atoms with E-state index in [1.54, 1.807) is 23.1 Å². The van der Waals surface area contributed by atoms with Gasteiger partial charge in [-0.05, 0) is 36.2 Å². The number of hydrogen-bond acceptors (Lipinski definition) is 1. The highest BCUT2D eigenvalue weighted by atomic mass is 35.5. The first-order chi connectivity index (χ1) is 10.1. The molecule has 0 heterocycles. The largest absolute Gasteiger partial charge is 0.333 e. The Labute approximate surface area is 135 Å². The molecule has 0 unspecified atom stereocenters. The summed E-state index contributed by atoms with van der Waals surface area (Å²) in [6.07, 6.45) is 0. The maximum atomic E-state index is 12.7. The third-order valence-corrected chi connectivity index (χ3v) is 3.68. The number of carbonyl (C=O) groups is 1. The molecule has 1 amide bonds. The number of amides is 1. The maximum Gasteiger partial charge on any atom is 0.254 e. The van der Waals surface area contributed by atoms with Gasteiger partial charge in [0.05, 0.1) is 0 Å². The molecule has 0 spiro atoms. The summed E-state index contributed by atoms with van der Waals surface area (Å²) in [4.78, 5) is 14.5. The zero-order chi connectivity index (χ0) is 15.2. The normalized spacial score (nSPS) is 10.4. The lowest BCUT2D eigenvalue weighted by Gasteiger charge is -2.23. The van der Waals surface area contributed by atoms with Crippen LogP contribution in [0.2, 0.25) is 5.02 Å². The number of alkyl halides is 1. The number of hydrogen-bond donors (Lipinski definition) is 0. The van der Waals surface area contributed by atoms with E-state index in [1.165, 1.54) is 0 Å². The van der Waals surface area contributed by atoms with Crippen molar-refractivity contribution < 1.29 is 4.79 Å². The molecule has 2 aromatic carbocycles. The average molecular weight is 322 g/mol. The molecule has 0 bridgehead atoms. The summed E-state index contributed by atoms with van der Waals surface area (Å²) in [6.45, 7) is 2.95. The van der Waals surface area contributed by atoms with Crippen LogP contribution in [-0.4, -0.2) is 23.2 Å². The van der Waals surface area contributed by atoms with Crippen molar-refractivity contribution in [1.29, 1.82) is 0 Å². The fourth-order valence-electron chi connectivity index (χ4n) is 2.20. The first-order valence-electron chi connectivity index (χ1n) is 6.77. The topological polar surface area (TPSA) is 20.3 Å². The Morgan fingerprint density at radius 1 is 1.14 bits per heavy atom. The van der Waals surface area contributed by atoms with Crippen molar-refractivity contribution in [3.05, 3.63) is 70.2 Å². The molecule has 0 fully saturated rings. The Morgan fingerprint density at radius 3 is 2.48 bits per heavy atom. The number of rotatable bonds is 5. The summed E-state index contributed by atoms with van der Waals surface area (Å²) in [5.74, 6) is 0.388. The monoisotopic (exact) mass is 321 g/mol. The van der Waals surface area contributed by atoms with E-state index in [1.807, 2.05) is 37.3 Å². The minimum atomic E-state index is -0.0198. The lowest BCUT2D eigenvalue weighted by Crippen LogP contribution is -2.32. The lowest BCUT2D eigenvalue weighted by molar-refractivity contribution is 0.0753. The molecule has 21 heavy (non-hydrogen) atoms. The van der Waals surface area contributed by atoms with Gasteiger partial charge in [-0.2, -0.15) is 0 Å². The molecule has 2 rings (SSSR count). The van der Waals surface area contributed by atoms with Gasteiger partial charge >= 0.3 is 0 Å². The van der Waals surface area contributed by atoms with Crippen molar-refractivity contribution in [2.24, 2.45) is 0 Å². The molecule has 0 aliphatic rings. The summed E-state index contributed by atoms with van der Waals surface area (Å²) in [5, 5.41) is 0.635. The number of aryl methyl sites for hydroxylation is 1. The fraction of sp³-hybridized carbons (Fsp3) is 0.235. The van der Waals surface area contributed by atoms with Gasteiger partial charge in [0.15, 0.2) is 0 Å². The van der Waals surface area contributed by atoms with Gasteiger partial charge in [0.2, 0.25) is 0 Å². The van der Waals surface area contributed by atoms with E-state index < -0.39 is 0 Å². The van der Waals surface area contributed by atoms with Crippen molar-refractivity contribution in [1.82, 2.24) is 4.90 Å². The van der Waals surface area contributed by atoms with Crippen molar-refractivity contribution in [3.8, 4) is 0 Å². The van der Waals surface area contributed by atoms with E-state index in [0.717, 1.165) is 11.1 Å². The number of nitrogens with zero attached hydrogens (tertiary/aromatic N) is 1. The van der Waals surface area contributed by atoms with Gasteiger partial charge in [0.25, 0.3) is 5.91 Å². The minimum absolute atomic E-state index is 0.0198. The van der Waals surface area contributed by atoms with Gasteiger partial charge in [0.1, 0.15) is 0 Å². The summed E-state index contributed by atoms with van der Waals surface area (Å²) < 4.78 is 0. The number of benzene rings is 2. The highest BCUT2D eigenvalue weighted by Crippen LogP contribution is 2.18. The average Bonchev–Trinajstić information content (AvgIpc) is 2.47. The first kappa shape index (κ1) is 15.9. The summed E-state index contributed by atoms with van der Waals surface area (Å²) >= 11 is 11.8. The van der Waals surface area contributed by atoms with Gasteiger partial charge in [0, 0.05) is 29.6 Å². The molecule has 2 aromatic rings. The summed E-state index contributed by atoms with van der Waals surface area (Å²) in [5.41, 5.74) is 2.63. The molecule has 4 heteroatoms. The quantitative estimate of drug-likeness (QED) is 0.741. The van der Waals surface area contributed by atoms with Crippen LogP contribution in [0, 0.1) is 6.92 Å². The second-order valence-electron chi connectivity index (χ2n) is 4.86. The minimum Gasteiger partial charge on any atom is -0.333 e. The van der Waals surface area contributed by atoms with Crippen LogP contribution in [0.1, 0.15) is 21.5 Å². The molecule has 110 valence electrons. The standard InChI is InChI=1S/C17H17Cl2NO/c1-13-11-15(19)7-8-16(13)17(21)20(10-9-18)12-14-5-3-2-4-6-14/h2-8,11H,9-10,12H2,1H3. The zero-order valence-corrected chi connectivity index (χ0v) is 13.4. The number of carbonyl (C=O) groups excluding carboxylic acids is 1. The Kier molecular flexibility index (Phi) is 5.66. The molecule has 2 nitrogen and oxygen atoms in total. The Morgan fingerprint density at radius 2 is 1.86 bits per heavy atom. The van der Waals surface area contributed by atoms with Crippen LogP contribution in [-0.2, 0) is 6.54 Å². The van der Waals surface area contributed by atoms with Gasteiger partial charge in [-0.1, -0.05) is 41.9 Å². The number of halogens is 2. The molecule has 0 aromatic heterocycles. The van der Waals surface area contributed by atoms with Gasteiger partial charge in [-0.15, -0.1) is 11.6 Å². The van der Waals surface area contributed by atoms with Crippen LogP contribution < -0.4 is 0 Å². The van der Waals surface area contributed by atoms with E-state index in [-0.39, 0.29) is 5.91 Å². The van der Waals surface area contributed by atoms with Gasteiger partial charge < -0.3 is 4.90 Å². The Balaban J connectivity index is 2.23. The van der Waals surface area contributed by atoms with Crippen LogP contribution >= 0.6 is 23.2 Å². The van der Waals surface area contributed by atoms with Gasteiger partial charge in [-0.25, -0.2) is 0 Å². The van der Waals surface area contributed by atoms with E-state index in [4.69, 9.17) is 23.2 Å². The van der Waals surface area contributed by atoms with Crippen molar-refractivity contribution >= 4 is 29.1 Å². The van der Waals surface area contributed by atoms with Gasteiger partial charge in [-0.3, -0.25) is 4.79 Å². The second-order valence-corrected chi connectivity index (χ2v) is 5.67. The Bertz CT molecular complexity index is 613. The van der Waals surface area contributed by atoms with Crippen molar-refractivity contribution in [3.63, 3.8) is 0 Å². The van der Waals surface area contributed by atoms with Crippen molar-refractivity contribution in [2.45, 2.75) is 13.5 Å².